The van der Waals surface area contributed by atoms with Gasteiger partial charge < -0.3 is 10.1 Å². The number of hydrogen-bond donors (Lipinski definition) is 2. The summed E-state index contributed by atoms with van der Waals surface area (Å²) in [6.07, 6.45) is 3.89. The highest BCUT2D eigenvalue weighted by molar-refractivity contribution is 5.92. The molecule has 0 spiro atoms. The lowest BCUT2D eigenvalue weighted by molar-refractivity contribution is -0.118. The largest absolute Gasteiger partial charge is 0.371 e. The zero-order valence-electron chi connectivity index (χ0n) is 17.4. The zero-order chi connectivity index (χ0) is 20.1. The molecule has 0 bridgehead atoms. The van der Waals surface area contributed by atoms with Gasteiger partial charge in [0.05, 0.1) is 12.4 Å². The molecule has 27 heavy (non-hydrogen) atoms. The number of anilines is 2. The van der Waals surface area contributed by atoms with Crippen LogP contribution in [0.4, 0.5) is 11.8 Å². The van der Waals surface area contributed by atoms with Crippen molar-refractivity contribution in [3.05, 3.63) is 6.33 Å². The number of imidazole rings is 1. The van der Waals surface area contributed by atoms with E-state index in [4.69, 9.17) is 4.74 Å². The van der Waals surface area contributed by atoms with Gasteiger partial charge in [-0.3, -0.25) is 14.7 Å². The molecule has 0 saturated carbocycles. The minimum Gasteiger partial charge on any atom is -0.371 e. The number of carbonyl (C=O) groups excluding carboxylic acids is 1. The van der Waals surface area contributed by atoms with Gasteiger partial charge in [-0.05, 0) is 12.8 Å². The van der Waals surface area contributed by atoms with Crippen LogP contribution in [0.1, 0.15) is 60.6 Å². The fourth-order valence-electron chi connectivity index (χ4n) is 3.11. The summed E-state index contributed by atoms with van der Waals surface area (Å²) in [6, 6.07) is 0. The summed E-state index contributed by atoms with van der Waals surface area (Å²) < 4.78 is 8.11. The molecule has 1 amide bonds. The smallest absolute Gasteiger partial charge is 0.233 e. The molecule has 2 aromatic rings. The van der Waals surface area contributed by atoms with Crippen LogP contribution in [0.15, 0.2) is 6.33 Å². The molecule has 3 rings (SSSR count). The number of ether oxygens (including phenoxy) is 1. The number of nitrogens with one attached hydrogen (secondary N) is 2. The molecule has 1 aliphatic rings. The van der Waals surface area contributed by atoms with E-state index in [1.807, 2.05) is 32.3 Å². The summed E-state index contributed by atoms with van der Waals surface area (Å²) in [5.74, 6) is 0.953. The summed E-state index contributed by atoms with van der Waals surface area (Å²) >= 11 is 0. The molecule has 0 radical (unpaired) electrons. The highest BCUT2D eigenvalue weighted by atomic mass is 16.5. The SMILES string of the molecule is CC.CC[C@@H]1C[C@H](C)[C@H](n2cnc3c(NC)nc(NC(=O)C(C)C)nc32)O1. The van der Waals surface area contributed by atoms with Crippen LogP contribution in [0, 0.1) is 11.8 Å². The lowest BCUT2D eigenvalue weighted by Crippen LogP contribution is -2.20. The number of aromatic nitrogens is 4. The van der Waals surface area contributed by atoms with Crippen LogP contribution in [0.5, 0.6) is 0 Å². The van der Waals surface area contributed by atoms with Crippen molar-refractivity contribution >= 4 is 28.8 Å². The third kappa shape index (κ3) is 4.37. The fraction of sp³-hybridized carbons (Fsp3) is 0.684. The summed E-state index contributed by atoms with van der Waals surface area (Å²) in [5, 5.41) is 5.79. The van der Waals surface area contributed by atoms with Gasteiger partial charge in [-0.2, -0.15) is 9.97 Å². The van der Waals surface area contributed by atoms with E-state index < -0.39 is 0 Å². The minimum absolute atomic E-state index is 0.108. The Bertz CT molecular complexity index is 773. The quantitative estimate of drug-likeness (QED) is 0.824. The van der Waals surface area contributed by atoms with Gasteiger partial charge in [0, 0.05) is 18.9 Å². The normalized spacial score (nSPS) is 21.9. The van der Waals surface area contributed by atoms with E-state index in [0.717, 1.165) is 12.8 Å². The van der Waals surface area contributed by atoms with Crippen molar-refractivity contribution in [2.24, 2.45) is 11.8 Å². The van der Waals surface area contributed by atoms with Crippen molar-refractivity contribution in [3.8, 4) is 0 Å². The monoisotopic (exact) mass is 376 g/mol. The van der Waals surface area contributed by atoms with Gasteiger partial charge in [-0.25, -0.2) is 4.98 Å². The first kappa shape index (κ1) is 21.1. The second kappa shape index (κ2) is 9.12. The van der Waals surface area contributed by atoms with Gasteiger partial charge in [0.2, 0.25) is 11.9 Å². The third-order valence-corrected chi connectivity index (χ3v) is 4.60. The van der Waals surface area contributed by atoms with Crippen LogP contribution in [-0.2, 0) is 9.53 Å². The number of rotatable bonds is 5. The number of carbonyl (C=O) groups is 1. The predicted molar refractivity (Wildman–Crippen MR) is 108 cm³/mol. The molecule has 8 nitrogen and oxygen atoms in total. The minimum atomic E-state index is -0.147. The Morgan fingerprint density at radius 1 is 1.37 bits per heavy atom. The summed E-state index contributed by atoms with van der Waals surface area (Å²) in [4.78, 5) is 25.4. The lowest BCUT2D eigenvalue weighted by atomic mass is 10.0. The molecule has 2 aromatic heterocycles. The van der Waals surface area contributed by atoms with Crippen LogP contribution in [0.25, 0.3) is 11.2 Å². The molecule has 3 heterocycles. The van der Waals surface area contributed by atoms with Gasteiger partial charge in [-0.1, -0.05) is 41.5 Å². The van der Waals surface area contributed by atoms with E-state index in [-0.39, 0.29) is 30.1 Å². The van der Waals surface area contributed by atoms with Crippen LogP contribution in [-0.4, -0.2) is 38.6 Å². The molecule has 3 atom stereocenters. The average Bonchev–Trinajstić information content (AvgIpc) is 3.25. The Hall–Kier alpha value is -2.22. The summed E-state index contributed by atoms with van der Waals surface area (Å²) in [7, 11) is 1.77. The van der Waals surface area contributed by atoms with E-state index in [1.165, 1.54) is 0 Å². The van der Waals surface area contributed by atoms with Gasteiger partial charge in [0.1, 0.15) is 6.23 Å². The molecule has 0 aliphatic carbocycles. The molecule has 0 aromatic carbocycles. The summed E-state index contributed by atoms with van der Waals surface area (Å²) in [6.45, 7) is 12.0. The molecule has 1 fully saturated rings. The average molecular weight is 377 g/mol. The Morgan fingerprint density at radius 3 is 2.63 bits per heavy atom. The predicted octanol–water partition coefficient (Wildman–Crippen LogP) is 3.82. The van der Waals surface area contributed by atoms with Gasteiger partial charge in [-0.15, -0.1) is 0 Å². The van der Waals surface area contributed by atoms with Crippen molar-refractivity contribution < 1.29 is 9.53 Å². The number of hydrogen-bond acceptors (Lipinski definition) is 6. The van der Waals surface area contributed by atoms with Crippen LogP contribution < -0.4 is 10.6 Å². The molecule has 1 saturated heterocycles. The molecular formula is C19H32N6O2. The Balaban J connectivity index is 0.00000126. The van der Waals surface area contributed by atoms with E-state index in [2.05, 4.69) is 39.4 Å². The Labute approximate surface area is 161 Å². The molecular weight excluding hydrogens is 344 g/mol. The van der Waals surface area contributed by atoms with Gasteiger partial charge in [0.15, 0.2) is 17.0 Å². The highest BCUT2D eigenvalue weighted by Gasteiger charge is 2.34. The summed E-state index contributed by atoms with van der Waals surface area (Å²) in [5.41, 5.74) is 1.33. The fourth-order valence-corrected chi connectivity index (χ4v) is 3.11. The van der Waals surface area contributed by atoms with E-state index in [9.17, 15) is 4.79 Å². The molecule has 8 heteroatoms. The van der Waals surface area contributed by atoms with E-state index in [0.29, 0.717) is 22.9 Å². The first-order valence-corrected chi connectivity index (χ1v) is 9.83. The molecule has 0 unspecified atom stereocenters. The number of fused-ring (bicyclic) bond motifs is 1. The van der Waals surface area contributed by atoms with Crippen molar-refractivity contribution in [1.82, 2.24) is 19.5 Å². The molecule has 1 aliphatic heterocycles. The Kier molecular flexibility index (Phi) is 7.12. The third-order valence-electron chi connectivity index (χ3n) is 4.60. The first-order chi connectivity index (χ1) is 12.9. The molecule has 2 N–H and O–H groups in total. The topological polar surface area (TPSA) is 94.0 Å². The maximum atomic E-state index is 12.0. The van der Waals surface area contributed by atoms with Crippen molar-refractivity contribution in [2.45, 2.75) is 66.7 Å². The lowest BCUT2D eigenvalue weighted by Gasteiger charge is -2.18. The van der Waals surface area contributed by atoms with E-state index >= 15 is 0 Å². The number of amides is 1. The van der Waals surface area contributed by atoms with Crippen LogP contribution in [0.3, 0.4) is 0 Å². The number of nitrogens with zero attached hydrogens (tertiary/aromatic N) is 4. The van der Waals surface area contributed by atoms with Crippen molar-refractivity contribution in [3.63, 3.8) is 0 Å². The first-order valence-electron chi connectivity index (χ1n) is 9.83. The van der Waals surface area contributed by atoms with Crippen LogP contribution >= 0.6 is 0 Å². The second-order valence-electron chi connectivity index (χ2n) is 6.88. The maximum Gasteiger partial charge on any atom is 0.233 e. The van der Waals surface area contributed by atoms with Crippen molar-refractivity contribution in [2.75, 3.05) is 17.7 Å². The van der Waals surface area contributed by atoms with Crippen LogP contribution in [0.2, 0.25) is 0 Å². The highest BCUT2D eigenvalue weighted by Crippen LogP contribution is 2.37. The maximum absolute atomic E-state index is 12.0. The Morgan fingerprint density at radius 2 is 2.07 bits per heavy atom. The van der Waals surface area contributed by atoms with Gasteiger partial charge in [0.25, 0.3) is 0 Å². The standard InChI is InChI=1S/C17H26N6O2.C2H6/c1-6-11-7-10(4)16(25-11)23-8-19-12-13(18-5)20-17(21-14(12)23)22-15(24)9(2)3;1-2/h8-11,16H,6-7H2,1-5H3,(H2,18,20,21,22,24);1-2H3/t10-,11+,16+;/m0./s1. The van der Waals surface area contributed by atoms with Gasteiger partial charge >= 0.3 is 0 Å². The van der Waals surface area contributed by atoms with Crippen molar-refractivity contribution in [1.29, 1.82) is 0 Å². The molecule has 150 valence electrons. The second-order valence-corrected chi connectivity index (χ2v) is 6.88. The van der Waals surface area contributed by atoms with E-state index in [1.54, 1.807) is 13.4 Å². The zero-order valence-corrected chi connectivity index (χ0v) is 17.4.